The zero-order valence-corrected chi connectivity index (χ0v) is 13.6. The summed E-state index contributed by atoms with van der Waals surface area (Å²) in [5, 5.41) is 8.21. The molecule has 1 heterocycles. The quantitative estimate of drug-likeness (QED) is 0.490. The van der Waals surface area contributed by atoms with Crippen molar-refractivity contribution < 1.29 is 9.59 Å². The van der Waals surface area contributed by atoms with E-state index < -0.39 is 6.04 Å². The highest BCUT2D eigenvalue weighted by molar-refractivity contribution is 6.45. The third-order valence-corrected chi connectivity index (χ3v) is 3.83. The Labute approximate surface area is 139 Å². The summed E-state index contributed by atoms with van der Waals surface area (Å²) < 4.78 is 0. The largest absolute Gasteiger partial charge is 0.387 e. The molecule has 0 aromatic heterocycles. The van der Waals surface area contributed by atoms with Gasteiger partial charge in [-0.05, 0) is 25.5 Å². The normalized spacial score (nSPS) is 16.3. The number of aliphatic imine (C=N–C) groups is 1. The van der Waals surface area contributed by atoms with Crippen molar-refractivity contribution in [3.05, 3.63) is 46.1 Å². The summed E-state index contributed by atoms with van der Waals surface area (Å²) in [4.78, 5) is 28.6. The fourth-order valence-corrected chi connectivity index (χ4v) is 2.40. The second kappa shape index (κ2) is 6.75. The second-order valence-corrected chi connectivity index (χ2v) is 5.71. The smallest absolute Gasteiger partial charge is 0.255 e. The molecular weight excluding hydrogens is 316 g/mol. The Hall–Kier alpha value is -2.47. The molecule has 23 heavy (non-hydrogen) atoms. The van der Waals surface area contributed by atoms with Crippen molar-refractivity contribution in [1.82, 2.24) is 4.90 Å². The highest BCUT2D eigenvalue weighted by atomic mass is 35.5. The molecule has 7 heteroatoms. The van der Waals surface area contributed by atoms with Crippen LogP contribution in [-0.4, -0.2) is 34.7 Å². The molecule has 0 fully saturated rings. The zero-order valence-electron chi connectivity index (χ0n) is 12.8. The average Bonchev–Trinajstić information content (AvgIpc) is 2.87. The molecule has 1 amide bonds. The van der Waals surface area contributed by atoms with Gasteiger partial charge in [0.25, 0.3) is 5.91 Å². The van der Waals surface area contributed by atoms with Gasteiger partial charge in [-0.1, -0.05) is 23.7 Å². The van der Waals surface area contributed by atoms with E-state index in [4.69, 9.17) is 22.7 Å². The van der Waals surface area contributed by atoms with Crippen molar-refractivity contribution >= 4 is 35.3 Å². The fraction of sp³-hybridized carbons (Fsp3) is 0.250. The average molecular weight is 333 g/mol. The number of hydrogen-bond acceptors (Lipinski definition) is 4. The van der Waals surface area contributed by atoms with Crippen LogP contribution in [0, 0.1) is 5.41 Å². The van der Waals surface area contributed by atoms with Crippen molar-refractivity contribution in [3.63, 3.8) is 0 Å². The van der Waals surface area contributed by atoms with Crippen molar-refractivity contribution in [2.75, 3.05) is 0 Å². The summed E-state index contributed by atoms with van der Waals surface area (Å²) in [5.74, 6) is 0.115. The number of amidine groups is 1. The van der Waals surface area contributed by atoms with E-state index in [0.29, 0.717) is 23.5 Å². The molecule has 1 aliphatic heterocycles. The summed E-state index contributed by atoms with van der Waals surface area (Å²) in [6.45, 7) is 3.68. The molecule has 1 aromatic carbocycles. The minimum atomic E-state index is -0.483. The number of nitrogens with zero attached hydrogens (tertiary/aromatic N) is 2. The van der Waals surface area contributed by atoms with Crippen molar-refractivity contribution in [2.24, 2.45) is 10.7 Å². The van der Waals surface area contributed by atoms with Gasteiger partial charge >= 0.3 is 0 Å². The van der Waals surface area contributed by atoms with Gasteiger partial charge < -0.3 is 15.4 Å². The predicted octanol–water partition coefficient (Wildman–Crippen LogP) is 2.05. The lowest BCUT2D eigenvalue weighted by molar-refractivity contribution is -0.111. The number of nitrogens with one attached hydrogen (secondary N) is 1. The molecule has 2 rings (SSSR count). The summed E-state index contributed by atoms with van der Waals surface area (Å²) in [7, 11) is 0. The number of carbonyl (C=O) groups is 2. The fourth-order valence-electron chi connectivity index (χ4n) is 2.24. The molecular formula is C16H17ClN4O2. The summed E-state index contributed by atoms with van der Waals surface area (Å²) >= 11 is 6.03. The highest BCUT2D eigenvalue weighted by Gasteiger charge is 2.31. The van der Waals surface area contributed by atoms with Gasteiger partial charge in [0.05, 0.1) is 22.6 Å². The predicted molar refractivity (Wildman–Crippen MR) is 89.9 cm³/mol. The molecule has 0 bridgehead atoms. The van der Waals surface area contributed by atoms with E-state index in [1.165, 1.54) is 11.1 Å². The SMILES string of the molecule is C/C(N)=N\C=C(\Cl)C(=N)c1ccc2c(c1)C(=O)N(C(C)C=O)C2. The first-order valence-electron chi connectivity index (χ1n) is 6.99. The van der Waals surface area contributed by atoms with Gasteiger partial charge in [-0.25, -0.2) is 4.99 Å². The number of carbonyl (C=O) groups excluding carboxylic acids is 2. The molecule has 120 valence electrons. The Bertz CT molecular complexity index is 736. The minimum absolute atomic E-state index is 0.0501. The van der Waals surface area contributed by atoms with Crippen LogP contribution in [-0.2, 0) is 11.3 Å². The first-order valence-corrected chi connectivity index (χ1v) is 7.37. The van der Waals surface area contributed by atoms with Crippen LogP contribution in [0.15, 0.2) is 34.4 Å². The maximum atomic E-state index is 12.4. The zero-order chi connectivity index (χ0) is 17.1. The first-order chi connectivity index (χ1) is 10.8. The number of rotatable bonds is 5. The monoisotopic (exact) mass is 332 g/mol. The van der Waals surface area contributed by atoms with Crippen LogP contribution < -0.4 is 5.73 Å². The number of aldehydes is 1. The van der Waals surface area contributed by atoms with E-state index in [0.717, 1.165) is 11.8 Å². The third-order valence-electron chi connectivity index (χ3n) is 3.54. The third kappa shape index (κ3) is 3.48. The Morgan fingerprint density at radius 2 is 2.22 bits per heavy atom. The van der Waals surface area contributed by atoms with Crippen LogP contribution in [0.1, 0.15) is 35.3 Å². The summed E-state index contributed by atoms with van der Waals surface area (Å²) in [5.41, 5.74) is 7.30. The molecule has 1 aromatic rings. The molecule has 1 atom stereocenters. The Morgan fingerprint density at radius 1 is 1.52 bits per heavy atom. The number of benzene rings is 1. The van der Waals surface area contributed by atoms with Gasteiger partial charge in [0, 0.05) is 23.9 Å². The van der Waals surface area contributed by atoms with Gasteiger partial charge in [0.2, 0.25) is 0 Å². The summed E-state index contributed by atoms with van der Waals surface area (Å²) in [6, 6.07) is 4.63. The summed E-state index contributed by atoms with van der Waals surface area (Å²) in [6.07, 6.45) is 2.04. The van der Waals surface area contributed by atoms with Crippen LogP contribution >= 0.6 is 11.6 Å². The molecule has 0 saturated carbocycles. The van der Waals surface area contributed by atoms with E-state index >= 15 is 0 Å². The van der Waals surface area contributed by atoms with Crippen molar-refractivity contribution in [1.29, 1.82) is 5.41 Å². The Kier molecular flexibility index (Phi) is 4.95. The maximum absolute atomic E-state index is 12.4. The molecule has 1 aliphatic rings. The van der Waals surface area contributed by atoms with E-state index in [2.05, 4.69) is 4.99 Å². The van der Waals surface area contributed by atoms with Gasteiger partial charge in [-0.3, -0.25) is 10.2 Å². The van der Waals surface area contributed by atoms with Crippen LogP contribution in [0.3, 0.4) is 0 Å². The van der Waals surface area contributed by atoms with Crippen LogP contribution in [0.25, 0.3) is 0 Å². The molecule has 0 saturated heterocycles. The molecule has 6 nitrogen and oxygen atoms in total. The van der Waals surface area contributed by atoms with Crippen LogP contribution in [0.2, 0.25) is 0 Å². The van der Waals surface area contributed by atoms with E-state index in [-0.39, 0.29) is 16.7 Å². The number of hydrogen-bond donors (Lipinski definition) is 2. The highest BCUT2D eigenvalue weighted by Crippen LogP contribution is 2.26. The van der Waals surface area contributed by atoms with E-state index in [9.17, 15) is 9.59 Å². The maximum Gasteiger partial charge on any atom is 0.255 e. The standard InChI is InChI=1S/C16H17ClN4O2/c1-9(8-22)21-7-12-4-3-11(5-13(12)16(21)23)15(19)14(17)6-20-10(2)18/h3-6,8-9,19H,7H2,1-2H3,(H2,18,20)/b14-6+,19-15?. The molecule has 0 radical (unpaired) electrons. The van der Waals surface area contributed by atoms with Crippen molar-refractivity contribution in [2.45, 2.75) is 26.4 Å². The number of amides is 1. The lowest BCUT2D eigenvalue weighted by Gasteiger charge is -2.18. The van der Waals surface area contributed by atoms with Crippen LogP contribution in [0.4, 0.5) is 0 Å². The van der Waals surface area contributed by atoms with Gasteiger partial charge in [-0.2, -0.15) is 0 Å². The number of halogens is 1. The van der Waals surface area contributed by atoms with Crippen molar-refractivity contribution in [3.8, 4) is 0 Å². The molecule has 0 aliphatic carbocycles. The van der Waals surface area contributed by atoms with E-state index in [1.807, 2.05) is 0 Å². The molecule has 0 spiro atoms. The Morgan fingerprint density at radius 3 is 2.83 bits per heavy atom. The number of nitrogens with two attached hydrogens (primary N) is 1. The molecule has 3 N–H and O–H groups in total. The Balaban J connectivity index is 2.31. The van der Waals surface area contributed by atoms with Gasteiger partial charge in [0.15, 0.2) is 0 Å². The topological polar surface area (TPSA) is 99.6 Å². The van der Waals surface area contributed by atoms with Gasteiger partial charge in [0.1, 0.15) is 6.29 Å². The van der Waals surface area contributed by atoms with Gasteiger partial charge in [-0.15, -0.1) is 0 Å². The lowest BCUT2D eigenvalue weighted by Crippen LogP contribution is -2.34. The van der Waals surface area contributed by atoms with Crippen LogP contribution in [0.5, 0.6) is 0 Å². The molecule has 1 unspecified atom stereocenters. The first kappa shape index (κ1) is 16.9. The number of allylic oxidation sites excluding steroid dienone is 1. The minimum Gasteiger partial charge on any atom is -0.387 e. The second-order valence-electron chi connectivity index (χ2n) is 5.30. The number of fused-ring (bicyclic) bond motifs is 1. The van der Waals surface area contributed by atoms with E-state index in [1.54, 1.807) is 32.0 Å². The lowest BCUT2D eigenvalue weighted by atomic mass is 10.0.